The van der Waals surface area contributed by atoms with Gasteiger partial charge in [0.15, 0.2) is 16.6 Å². The average molecular weight is 581 g/mol. The number of carboxylic acids is 1. The predicted octanol–water partition coefficient (Wildman–Crippen LogP) is 4.96. The molecule has 1 aliphatic heterocycles. The third-order valence-corrected chi connectivity index (χ3v) is 6.32. The fraction of sp³-hybridized carbons (Fsp3) is 0.111. The maximum Gasteiger partial charge on any atom is 0.335 e. The Balaban J connectivity index is 1.68. The Bertz CT molecular complexity index is 1420. The standard InChI is InChI=1S/C27H21BrN2O6S/c1-2-35-22-13-18(21(28)14-23(22)36-15-16-7-4-3-5-8-16)12-20-24(31)29-27(37)30(25(20)32)19-10-6-9-17(11-19)26(33)34/h3-14H,2,15H2,1H3,(H,33,34)(H,29,31,37). The molecule has 188 valence electrons. The molecule has 0 bridgehead atoms. The van der Waals surface area contributed by atoms with Gasteiger partial charge in [-0.2, -0.15) is 0 Å². The van der Waals surface area contributed by atoms with E-state index in [0.29, 0.717) is 34.7 Å². The zero-order chi connectivity index (χ0) is 26.5. The summed E-state index contributed by atoms with van der Waals surface area (Å²) in [6, 6.07) is 18.8. The van der Waals surface area contributed by atoms with Crippen molar-refractivity contribution in [3.8, 4) is 11.5 Å². The molecule has 10 heteroatoms. The molecule has 3 aromatic rings. The second kappa shape index (κ2) is 11.4. The first-order valence-corrected chi connectivity index (χ1v) is 12.4. The highest BCUT2D eigenvalue weighted by Crippen LogP contribution is 2.36. The quantitative estimate of drug-likeness (QED) is 0.220. The summed E-state index contributed by atoms with van der Waals surface area (Å²) >= 11 is 8.70. The molecule has 1 fully saturated rings. The first-order valence-electron chi connectivity index (χ1n) is 11.2. The number of carboxylic acid groups (broad SMARTS) is 1. The van der Waals surface area contributed by atoms with E-state index in [1.54, 1.807) is 12.1 Å². The first kappa shape index (κ1) is 26.1. The fourth-order valence-electron chi connectivity index (χ4n) is 3.60. The van der Waals surface area contributed by atoms with Gasteiger partial charge in [0.05, 0.1) is 17.9 Å². The van der Waals surface area contributed by atoms with Crippen LogP contribution in [0.3, 0.4) is 0 Å². The van der Waals surface area contributed by atoms with Gasteiger partial charge in [-0.05, 0) is 66.7 Å². The van der Waals surface area contributed by atoms with Crippen LogP contribution >= 0.6 is 28.1 Å². The summed E-state index contributed by atoms with van der Waals surface area (Å²) in [4.78, 5) is 38.6. The number of rotatable bonds is 8. The van der Waals surface area contributed by atoms with E-state index in [-0.39, 0.29) is 21.9 Å². The minimum atomic E-state index is -1.15. The number of amides is 2. The minimum absolute atomic E-state index is 0.0225. The fourth-order valence-corrected chi connectivity index (χ4v) is 4.32. The smallest absolute Gasteiger partial charge is 0.335 e. The molecule has 0 aliphatic carbocycles. The second-order valence-corrected chi connectivity index (χ2v) is 9.08. The first-order chi connectivity index (χ1) is 17.8. The predicted molar refractivity (Wildman–Crippen MR) is 146 cm³/mol. The summed E-state index contributed by atoms with van der Waals surface area (Å²) in [6.07, 6.45) is 1.42. The van der Waals surface area contributed by atoms with Crippen LogP contribution in [0.4, 0.5) is 5.69 Å². The van der Waals surface area contributed by atoms with Gasteiger partial charge in [-0.3, -0.25) is 19.8 Å². The van der Waals surface area contributed by atoms with Crippen molar-refractivity contribution in [3.05, 3.63) is 93.5 Å². The molecule has 0 atom stereocenters. The van der Waals surface area contributed by atoms with Gasteiger partial charge in [-0.25, -0.2) is 4.79 Å². The summed E-state index contributed by atoms with van der Waals surface area (Å²) in [7, 11) is 0. The zero-order valence-electron chi connectivity index (χ0n) is 19.6. The molecule has 1 saturated heterocycles. The number of halogens is 1. The van der Waals surface area contributed by atoms with Crippen LogP contribution in [-0.2, 0) is 16.2 Å². The SMILES string of the molecule is CCOc1cc(C=C2C(=O)NC(=S)N(c3cccc(C(=O)O)c3)C2=O)c(Br)cc1OCc1ccccc1. The second-order valence-electron chi connectivity index (χ2n) is 7.84. The lowest BCUT2D eigenvalue weighted by Gasteiger charge is -2.29. The molecule has 0 saturated carbocycles. The summed E-state index contributed by atoms with van der Waals surface area (Å²) in [5, 5.41) is 11.7. The number of hydrogen-bond acceptors (Lipinski definition) is 6. The number of benzene rings is 3. The Kier molecular flexibility index (Phi) is 8.00. The number of hydrogen-bond donors (Lipinski definition) is 2. The summed E-state index contributed by atoms with van der Waals surface area (Å²) in [5.74, 6) is -1.58. The zero-order valence-corrected chi connectivity index (χ0v) is 22.0. The Morgan fingerprint density at radius 3 is 2.49 bits per heavy atom. The number of anilines is 1. The molecular weight excluding hydrogens is 560 g/mol. The molecule has 0 spiro atoms. The molecule has 1 heterocycles. The van der Waals surface area contributed by atoms with E-state index in [0.717, 1.165) is 10.5 Å². The van der Waals surface area contributed by atoms with E-state index in [4.69, 9.17) is 21.7 Å². The molecular formula is C27H21BrN2O6S. The van der Waals surface area contributed by atoms with Crippen molar-refractivity contribution in [2.75, 3.05) is 11.5 Å². The van der Waals surface area contributed by atoms with Crippen molar-refractivity contribution >= 4 is 62.8 Å². The number of nitrogens with zero attached hydrogens (tertiary/aromatic N) is 1. The van der Waals surface area contributed by atoms with Crippen molar-refractivity contribution in [1.29, 1.82) is 0 Å². The van der Waals surface area contributed by atoms with Crippen LogP contribution in [0.5, 0.6) is 11.5 Å². The summed E-state index contributed by atoms with van der Waals surface area (Å²) in [6.45, 7) is 2.54. The van der Waals surface area contributed by atoms with Crippen molar-refractivity contribution in [3.63, 3.8) is 0 Å². The molecule has 0 unspecified atom stereocenters. The van der Waals surface area contributed by atoms with Gasteiger partial charge in [0.1, 0.15) is 12.2 Å². The van der Waals surface area contributed by atoms with Gasteiger partial charge in [0.2, 0.25) is 0 Å². The van der Waals surface area contributed by atoms with Gasteiger partial charge in [-0.15, -0.1) is 0 Å². The number of aromatic carboxylic acids is 1. The van der Waals surface area contributed by atoms with Crippen LogP contribution in [0.25, 0.3) is 6.08 Å². The number of ether oxygens (including phenoxy) is 2. The lowest BCUT2D eigenvalue weighted by molar-refractivity contribution is -0.122. The van der Waals surface area contributed by atoms with Crippen LogP contribution in [0.1, 0.15) is 28.4 Å². The van der Waals surface area contributed by atoms with Gasteiger partial charge in [-0.1, -0.05) is 52.3 Å². The van der Waals surface area contributed by atoms with Crippen LogP contribution in [-0.4, -0.2) is 34.6 Å². The number of carbonyl (C=O) groups is 3. The number of thiocarbonyl (C=S) groups is 1. The molecule has 3 aromatic carbocycles. The molecule has 0 aromatic heterocycles. The Morgan fingerprint density at radius 2 is 1.78 bits per heavy atom. The molecule has 4 rings (SSSR count). The highest BCUT2D eigenvalue weighted by Gasteiger charge is 2.35. The largest absolute Gasteiger partial charge is 0.490 e. The maximum atomic E-state index is 13.4. The van der Waals surface area contributed by atoms with Gasteiger partial charge >= 0.3 is 5.97 Å². The minimum Gasteiger partial charge on any atom is -0.490 e. The molecule has 8 nitrogen and oxygen atoms in total. The maximum absolute atomic E-state index is 13.4. The normalized spacial score (nSPS) is 14.5. The van der Waals surface area contributed by atoms with E-state index in [1.807, 2.05) is 37.3 Å². The summed E-state index contributed by atoms with van der Waals surface area (Å²) < 4.78 is 12.3. The monoisotopic (exact) mass is 580 g/mol. The third kappa shape index (κ3) is 5.87. The Morgan fingerprint density at radius 1 is 1.05 bits per heavy atom. The van der Waals surface area contributed by atoms with Gasteiger partial charge in [0.25, 0.3) is 11.8 Å². The van der Waals surface area contributed by atoms with Crippen molar-refractivity contribution in [2.45, 2.75) is 13.5 Å². The van der Waals surface area contributed by atoms with Crippen molar-refractivity contribution < 1.29 is 29.0 Å². The van der Waals surface area contributed by atoms with Crippen LogP contribution in [0, 0.1) is 0 Å². The molecule has 2 amide bonds. The van der Waals surface area contributed by atoms with E-state index in [1.165, 1.54) is 30.3 Å². The van der Waals surface area contributed by atoms with E-state index in [9.17, 15) is 19.5 Å². The van der Waals surface area contributed by atoms with E-state index >= 15 is 0 Å². The van der Waals surface area contributed by atoms with Crippen molar-refractivity contribution in [2.24, 2.45) is 0 Å². The van der Waals surface area contributed by atoms with Crippen LogP contribution in [0.15, 0.2) is 76.8 Å². The van der Waals surface area contributed by atoms with Crippen LogP contribution in [0.2, 0.25) is 0 Å². The third-order valence-electron chi connectivity index (χ3n) is 5.35. The average Bonchev–Trinajstić information content (AvgIpc) is 2.88. The molecule has 37 heavy (non-hydrogen) atoms. The highest BCUT2D eigenvalue weighted by molar-refractivity contribution is 9.10. The molecule has 1 aliphatic rings. The lowest BCUT2D eigenvalue weighted by Crippen LogP contribution is -2.54. The van der Waals surface area contributed by atoms with Gasteiger partial charge in [0, 0.05) is 4.47 Å². The van der Waals surface area contributed by atoms with E-state index < -0.39 is 17.8 Å². The summed E-state index contributed by atoms with van der Waals surface area (Å²) in [5.41, 5.74) is 1.50. The molecule has 2 N–H and O–H groups in total. The highest BCUT2D eigenvalue weighted by atomic mass is 79.9. The topological polar surface area (TPSA) is 105 Å². The molecule has 0 radical (unpaired) electrons. The Hall–Kier alpha value is -4.02. The van der Waals surface area contributed by atoms with Gasteiger partial charge < -0.3 is 14.6 Å². The number of nitrogens with one attached hydrogen (secondary N) is 1. The Labute approximate surface area is 226 Å². The number of carbonyl (C=O) groups excluding carboxylic acids is 2. The van der Waals surface area contributed by atoms with Crippen LogP contribution < -0.4 is 19.7 Å². The van der Waals surface area contributed by atoms with E-state index in [2.05, 4.69) is 21.2 Å². The lowest BCUT2D eigenvalue weighted by atomic mass is 10.1. The van der Waals surface area contributed by atoms with Crippen molar-refractivity contribution in [1.82, 2.24) is 5.32 Å².